The van der Waals surface area contributed by atoms with E-state index in [1.807, 2.05) is 32.9 Å². The highest BCUT2D eigenvalue weighted by atomic mass is 17.2. The van der Waals surface area contributed by atoms with Crippen LogP contribution in [0.5, 0.6) is 0 Å². The van der Waals surface area contributed by atoms with E-state index in [-0.39, 0.29) is 5.41 Å². The van der Waals surface area contributed by atoms with E-state index in [0.717, 1.165) is 16.8 Å². The summed E-state index contributed by atoms with van der Waals surface area (Å²) in [4.78, 5) is 10.2. The molecular weight excluding hydrogens is 228 g/mol. The third kappa shape index (κ3) is 3.22. The minimum atomic E-state index is -0.267. The van der Waals surface area contributed by atoms with Crippen molar-refractivity contribution in [3.8, 4) is 0 Å². The summed E-state index contributed by atoms with van der Waals surface area (Å²) in [5.41, 5.74) is 15.8. The molecule has 1 aromatic rings. The summed E-state index contributed by atoms with van der Waals surface area (Å²) in [5, 5.41) is 0. The minimum Gasteiger partial charge on any atom is -0.399 e. The van der Waals surface area contributed by atoms with Crippen LogP contribution in [0, 0.1) is 13.8 Å². The van der Waals surface area contributed by atoms with Crippen molar-refractivity contribution in [3.05, 3.63) is 28.8 Å². The van der Waals surface area contributed by atoms with E-state index in [1.54, 1.807) is 0 Å². The Kier molecular flexibility index (Phi) is 5.14. The number of rotatable bonds is 6. The van der Waals surface area contributed by atoms with Crippen molar-refractivity contribution < 1.29 is 9.78 Å². The lowest BCUT2D eigenvalue weighted by Crippen LogP contribution is -2.38. The maximum atomic E-state index is 5.93. The maximum absolute atomic E-state index is 5.93. The van der Waals surface area contributed by atoms with Gasteiger partial charge in [-0.15, -0.1) is 0 Å². The number of aryl methyl sites for hydroxylation is 2. The Hall–Kier alpha value is -1.10. The van der Waals surface area contributed by atoms with Crippen LogP contribution in [0.2, 0.25) is 0 Å². The lowest BCUT2D eigenvalue weighted by Gasteiger charge is -2.31. The summed E-state index contributed by atoms with van der Waals surface area (Å²) in [5.74, 6) is 0. The fourth-order valence-electron chi connectivity index (χ4n) is 2.44. The fraction of sp³-hybridized carbons (Fsp3) is 0.571. The number of hydrogen-bond donors (Lipinski definition) is 2. The smallest absolute Gasteiger partial charge is 0.0928 e. The topological polar surface area (TPSA) is 70.5 Å². The monoisotopic (exact) mass is 252 g/mol. The van der Waals surface area contributed by atoms with Crippen molar-refractivity contribution >= 4 is 5.69 Å². The van der Waals surface area contributed by atoms with Crippen LogP contribution in [0.4, 0.5) is 5.69 Å². The van der Waals surface area contributed by atoms with Gasteiger partial charge in [-0.25, -0.2) is 9.78 Å². The van der Waals surface area contributed by atoms with Crippen molar-refractivity contribution in [2.75, 3.05) is 25.5 Å². The Morgan fingerprint density at radius 2 is 1.72 bits per heavy atom. The zero-order valence-electron chi connectivity index (χ0n) is 11.7. The summed E-state index contributed by atoms with van der Waals surface area (Å²) >= 11 is 0. The predicted molar refractivity (Wildman–Crippen MR) is 74.3 cm³/mol. The molecule has 0 spiro atoms. The van der Waals surface area contributed by atoms with Gasteiger partial charge in [0, 0.05) is 17.6 Å². The standard InChI is InChI=1S/C14H24N2O2/c1-5-17-18-9-14(4,8-15)13-10(2)6-12(16)7-11(13)3/h6-7H,5,8-9,15-16H2,1-4H3. The van der Waals surface area contributed by atoms with E-state index in [1.165, 1.54) is 5.56 Å². The number of hydrogen-bond acceptors (Lipinski definition) is 4. The van der Waals surface area contributed by atoms with Crippen LogP contribution in [-0.2, 0) is 15.2 Å². The van der Waals surface area contributed by atoms with E-state index < -0.39 is 0 Å². The lowest BCUT2D eigenvalue weighted by atomic mass is 9.78. The van der Waals surface area contributed by atoms with Crippen LogP contribution in [0.25, 0.3) is 0 Å². The Labute approximate surface area is 109 Å². The average Bonchev–Trinajstić information content (AvgIpc) is 2.28. The molecule has 102 valence electrons. The molecular formula is C14H24N2O2. The molecule has 1 unspecified atom stereocenters. The summed E-state index contributed by atoms with van der Waals surface area (Å²) in [7, 11) is 0. The van der Waals surface area contributed by atoms with Gasteiger partial charge in [0.25, 0.3) is 0 Å². The van der Waals surface area contributed by atoms with Crippen molar-refractivity contribution in [1.82, 2.24) is 0 Å². The molecule has 0 aliphatic carbocycles. The predicted octanol–water partition coefficient (Wildman–Crippen LogP) is 2.07. The average molecular weight is 252 g/mol. The van der Waals surface area contributed by atoms with Gasteiger partial charge in [-0.3, -0.25) is 0 Å². The van der Waals surface area contributed by atoms with Gasteiger partial charge in [0.1, 0.15) is 0 Å². The van der Waals surface area contributed by atoms with Gasteiger partial charge in [0.2, 0.25) is 0 Å². The van der Waals surface area contributed by atoms with E-state index in [2.05, 4.69) is 6.92 Å². The van der Waals surface area contributed by atoms with Crippen LogP contribution in [0.15, 0.2) is 12.1 Å². The zero-order chi connectivity index (χ0) is 13.8. The maximum Gasteiger partial charge on any atom is 0.0928 e. The van der Waals surface area contributed by atoms with Crippen molar-refractivity contribution in [1.29, 1.82) is 0 Å². The number of nitrogens with two attached hydrogens (primary N) is 2. The van der Waals surface area contributed by atoms with Crippen LogP contribution in [0.3, 0.4) is 0 Å². The Morgan fingerprint density at radius 3 is 2.17 bits per heavy atom. The summed E-state index contributed by atoms with van der Waals surface area (Å²) in [6, 6.07) is 3.94. The first kappa shape index (κ1) is 15.0. The molecule has 1 aromatic carbocycles. The van der Waals surface area contributed by atoms with Crippen LogP contribution >= 0.6 is 0 Å². The normalized spacial score (nSPS) is 14.5. The molecule has 0 saturated carbocycles. The van der Waals surface area contributed by atoms with Crippen LogP contribution in [0.1, 0.15) is 30.5 Å². The number of nitrogen functional groups attached to an aromatic ring is 1. The van der Waals surface area contributed by atoms with Crippen molar-refractivity contribution in [2.45, 2.75) is 33.1 Å². The number of benzene rings is 1. The second-order valence-electron chi connectivity index (χ2n) is 4.96. The molecule has 0 fully saturated rings. The first-order chi connectivity index (χ1) is 8.44. The molecule has 4 heteroatoms. The Bertz CT molecular complexity index is 384. The first-order valence-corrected chi connectivity index (χ1v) is 6.26. The first-order valence-electron chi connectivity index (χ1n) is 6.26. The molecule has 1 rings (SSSR count). The quantitative estimate of drug-likeness (QED) is 0.352. The third-order valence-electron chi connectivity index (χ3n) is 3.19. The molecule has 0 radical (unpaired) electrons. The lowest BCUT2D eigenvalue weighted by molar-refractivity contribution is -0.299. The van der Waals surface area contributed by atoms with Gasteiger partial charge >= 0.3 is 0 Å². The van der Waals surface area contributed by atoms with Crippen LogP contribution < -0.4 is 11.5 Å². The van der Waals surface area contributed by atoms with Gasteiger partial charge in [-0.05, 0) is 49.6 Å². The third-order valence-corrected chi connectivity index (χ3v) is 3.19. The molecule has 0 bridgehead atoms. The van der Waals surface area contributed by atoms with E-state index in [4.69, 9.17) is 21.2 Å². The van der Waals surface area contributed by atoms with E-state index in [0.29, 0.717) is 19.8 Å². The molecule has 1 atom stereocenters. The summed E-state index contributed by atoms with van der Waals surface area (Å²) in [6.07, 6.45) is 0. The van der Waals surface area contributed by atoms with Gasteiger partial charge < -0.3 is 11.5 Å². The van der Waals surface area contributed by atoms with Gasteiger partial charge in [-0.2, -0.15) is 0 Å². The molecule has 0 saturated heterocycles. The molecule has 0 aliphatic rings. The SMILES string of the molecule is CCOOCC(C)(CN)c1c(C)cc(N)cc1C. The van der Waals surface area contributed by atoms with Crippen molar-refractivity contribution in [3.63, 3.8) is 0 Å². The van der Waals surface area contributed by atoms with E-state index >= 15 is 0 Å². The second-order valence-corrected chi connectivity index (χ2v) is 4.96. The van der Waals surface area contributed by atoms with Gasteiger partial charge in [0.15, 0.2) is 0 Å². The van der Waals surface area contributed by atoms with Gasteiger partial charge in [0.05, 0.1) is 13.2 Å². The highest BCUT2D eigenvalue weighted by molar-refractivity contribution is 5.51. The van der Waals surface area contributed by atoms with E-state index in [9.17, 15) is 0 Å². The molecule has 0 heterocycles. The molecule has 0 amide bonds. The van der Waals surface area contributed by atoms with Crippen molar-refractivity contribution in [2.24, 2.45) is 5.73 Å². The molecule has 0 aromatic heterocycles. The summed E-state index contributed by atoms with van der Waals surface area (Å²) < 4.78 is 0. The molecule has 4 N–H and O–H groups in total. The minimum absolute atomic E-state index is 0.267. The molecule has 18 heavy (non-hydrogen) atoms. The molecule has 0 aliphatic heterocycles. The second kappa shape index (κ2) is 6.18. The highest BCUT2D eigenvalue weighted by Crippen LogP contribution is 2.31. The van der Waals surface area contributed by atoms with Gasteiger partial charge in [-0.1, -0.05) is 6.92 Å². The van der Waals surface area contributed by atoms with Crippen LogP contribution in [-0.4, -0.2) is 19.8 Å². The summed E-state index contributed by atoms with van der Waals surface area (Å²) in [6.45, 7) is 9.52. The zero-order valence-corrected chi connectivity index (χ0v) is 11.7. The fourth-order valence-corrected chi connectivity index (χ4v) is 2.44. The highest BCUT2D eigenvalue weighted by Gasteiger charge is 2.29. The number of anilines is 1. The Balaban J connectivity index is 3.07. The Morgan fingerprint density at radius 1 is 1.17 bits per heavy atom. The largest absolute Gasteiger partial charge is 0.399 e. The molecule has 4 nitrogen and oxygen atoms in total.